The summed E-state index contributed by atoms with van der Waals surface area (Å²) in [5.41, 5.74) is 4.12. The maximum atomic E-state index is 15.5. The summed E-state index contributed by atoms with van der Waals surface area (Å²) in [5.74, 6) is -2.16. The Hall–Kier alpha value is -4.32. The van der Waals surface area contributed by atoms with E-state index < -0.39 is 34.7 Å². The molecule has 2 atom stereocenters. The van der Waals surface area contributed by atoms with Gasteiger partial charge in [0.2, 0.25) is 0 Å². The second kappa shape index (κ2) is 13.5. The molecule has 0 fully saturated rings. The van der Waals surface area contributed by atoms with E-state index in [1.807, 2.05) is 41.8 Å². The molecule has 0 saturated heterocycles. The molecule has 230 valence electrons. The third kappa shape index (κ3) is 6.75. The molecule has 0 radical (unpaired) electrons. The van der Waals surface area contributed by atoms with E-state index in [-0.39, 0.29) is 42.3 Å². The largest absolute Gasteiger partial charge is 0.481 e. The van der Waals surface area contributed by atoms with Crippen LogP contribution in [0.15, 0.2) is 72.9 Å². The fourth-order valence-electron chi connectivity index (χ4n) is 5.61. The predicted octanol–water partition coefficient (Wildman–Crippen LogP) is 6.77. The third-order valence-electron chi connectivity index (χ3n) is 7.63. The maximum absolute atomic E-state index is 15.5. The summed E-state index contributed by atoms with van der Waals surface area (Å²) in [6.45, 7) is 1.73. The lowest BCUT2D eigenvalue weighted by Crippen LogP contribution is -2.15. The first kappa shape index (κ1) is 31.1. The van der Waals surface area contributed by atoms with Gasteiger partial charge in [0, 0.05) is 53.0 Å². The minimum Gasteiger partial charge on any atom is -0.481 e. The van der Waals surface area contributed by atoms with Gasteiger partial charge in [-0.1, -0.05) is 24.3 Å². The Bertz CT molecular complexity index is 1830. The summed E-state index contributed by atoms with van der Waals surface area (Å²) < 4.78 is 59.6. The molecule has 0 spiro atoms. The number of carboxylic acids is 1. The number of ether oxygens (including phenoxy) is 1. The van der Waals surface area contributed by atoms with Crippen LogP contribution in [0.1, 0.15) is 41.3 Å². The van der Waals surface area contributed by atoms with Crippen LogP contribution in [0.3, 0.4) is 0 Å². The molecule has 0 amide bonds. The summed E-state index contributed by atoms with van der Waals surface area (Å²) >= 11 is -2.10. The van der Waals surface area contributed by atoms with Gasteiger partial charge in [0.05, 0.1) is 17.5 Å². The molecule has 2 heterocycles. The van der Waals surface area contributed by atoms with Gasteiger partial charge in [-0.3, -0.25) is 4.79 Å². The molecule has 0 bridgehead atoms. The van der Waals surface area contributed by atoms with E-state index in [4.69, 9.17) is 9.84 Å². The molecule has 0 aliphatic heterocycles. The van der Waals surface area contributed by atoms with Gasteiger partial charge in [0.1, 0.15) is 11.6 Å². The molecule has 3 aromatic carbocycles. The minimum atomic E-state index is -2.10. The number of nitrogens with one attached hydrogen (secondary N) is 1. The highest BCUT2D eigenvalue weighted by Gasteiger charge is 2.23. The van der Waals surface area contributed by atoms with Gasteiger partial charge in [0.15, 0.2) is 22.6 Å². The van der Waals surface area contributed by atoms with Crippen LogP contribution < -0.4 is 4.74 Å². The third-order valence-corrected chi connectivity index (χ3v) is 8.18. The molecule has 0 aliphatic carbocycles. The minimum absolute atomic E-state index is 0.0168. The first-order valence-electron chi connectivity index (χ1n) is 14.1. The average Bonchev–Trinajstić information content (AvgIpc) is 3.61. The van der Waals surface area contributed by atoms with Crippen LogP contribution in [0.25, 0.3) is 22.2 Å². The topological polar surface area (TPSA) is 125 Å². The number of nitrogens with zero attached hydrogens (tertiary/aromatic N) is 1. The number of rotatable bonds is 13. The van der Waals surface area contributed by atoms with Crippen LogP contribution in [-0.2, 0) is 28.7 Å². The van der Waals surface area contributed by atoms with E-state index in [1.165, 1.54) is 24.3 Å². The molecule has 4 N–H and O–H groups in total. The number of aromatic nitrogens is 2. The maximum Gasteiger partial charge on any atom is 0.303 e. The molecule has 5 rings (SSSR count). The van der Waals surface area contributed by atoms with Crippen molar-refractivity contribution in [1.82, 2.24) is 9.55 Å². The van der Waals surface area contributed by atoms with Gasteiger partial charge < -0.3 is 29.1 Å². The van der Waals surface area contributed by atoms with E-state index in [2.05, 4.69) is 4.98 Å². The summed E-state index contributed by atoms with van der Waals surface area (Å²) in [6.07, 6.45) is 2.37. The molecule has 8 nitrogen and oxygen atoms in total. The number of H-pyrrole nitrogens is 1. The zero-order valence-electron chi connectivity index (χ0n) is 23.9. The van der Waals surface area contributed by atoms with Gasteiger partial charge in [-0.05, 0) is 73.7 Å². The zero-order valence-corrected chi connectivity index (χ0v) is 24.7. The highest BCUT2D eigenvalue weighted by Crippen LogP contribution is 2.38. The number of hydrogen-bond acceptors (Lipinski definition) is 4. The van der Waals surface area contributed by atoms with Crippen molar-refractivity contribution in [2.45, 2.75) is 38.6 Å². The van der Waals surface area contributed by atoms with E-state index in [0.717, 1.165) is 16.8 Å². The van der Waals surface area contributed by atoms with Crippen molar-refractivity contribution in [2.75, 3.05) is 12.4 Å². The first-order chi connectivity index (χ1) is 21.2. The fraction of sp³-hybridized carbons (Fsp3) is 0.242. The van der Waals surface area contributed by atoms with E-state index in [1.54, 1.807) is 18.3 Å². The molecular formula is C33H32F2N2O6S. The van der Waals surface area contributed by atoms with E-state index >= 15 is 8.78 Å². The van der Waals surface area contributed by atoms with Gasteiger partial charge in [-0.25, -0.2) is 13.0 Å². The number of aliphatic hydroxyl groups is 1. The number of carbonyl (C=O) groups is 1. The number of aliphatic carboxylic acids is 1. The Morgan fingerprint density at radius 3 is 2.61 bits per heavy atom. The molecule has 0 saturated carbocycles. The quantitative estimate of drug-likeness (QED) is 0.108. The van der Waals surface area contributed by atoms with Crippen LogP contribution >= 0.6 is 0 Å². The number of aryl methyl sites for hydroxylation is 3. The summed E-state index contributed by atoms with van der Waals surface area (Å²) in [4.78, 5) is 14.1. The predicted molar refractivity (Wildman–Crippen MR) is 164 cm³/mol. The number of fused-ring (bicyclic) bond motifs is 1. The van der Waals surface area contributed by atoms with Crippen molar-refractivity contribution in [3.8, 4) is 22.8 Å². The van der Waals surface area contributed by atoms with Gasteiger partial charge in [-0.15, -0.1) is 0 Å². The normalized spacial score (nSPS) is 12.8. The molecule has 2 unspecified atom stereocenters. The Morgan fingerprint density at radius 1 is 1.05 bits per heavy atom. The molecule has 5 aromatic rings. The van der Waals surface area contributed by atoms with Crippen LogP contribution in [0.5, 0.6) is 11.5 Å². The number of aromatic amines is 1. The lowest BCUT2D eigenvalue weighted by Gasteiger charge is -2.25. The van der Waals surface area contributed by atoms with Crippen molar-refractivity contribution in [1.29, 1.82) is 0 Å². The van der Waals surface area contributed by atoms with E-state index in [0.29, 0.717) is 35.0 Å². The standard InChI is InChI=1S/C33H32F2N2O6S/c1-20-5-9-31(37(20)30(12-15-38)22-4-2-3-21(17-22)6-10-32(39)40)26-18-23(7-8-27(26)34)43-33-25(13-16-44(41)42)24-11-14-36-29(24)19-28(33)35/h2-5,7-9,11,14,17-19,30,36,38H,6,10,12-13,15-16H2,1H3,(H,39,40)(H,41,42). The number of benzene rings is 3. The highest BCUT2D eigenvalue weighted by molar-refractivity contribution is 7.79. The lowest BCUT2D eigenvalue weighted by atomic mass is 9.98. The van der Waals surface area contributed by atoms with Crippen molar-refractivity contribution >= 4 is 28.0 Å². The number of halogens is 2. The van der Waals surface area contributed by atoms with Crippen molar-refractivity contribution in [2.24, 2.45) is 0 Å². The van der Waals surface area contributed by atoms with Gasteiger partial charge in [0.25, 0.3) is 0 Å². The fourth-order valence-corrected chi connectivity index (χ4v) is 5.99. The smallest absolute Gasteiger partial charge is 0.303 e. The zero-order chi connectivity index (χ0) is 31.4. The Labute approximate surface area is 255 Å². The lowest BCUT2D eigenvalue weighted by molar-refractivity contribution is -0.136. The Kier molecular flexibility index (Phi) is 9.58. The molecule has 44 heavy (non-hydrogen) atoms. The van der Waals surface area contributed by atoms with Crippen LogP contribution in [-0.4, -0.2) is 46.9 Å². The second-order valence-corrected chi connectivity index (χ2v) is 11.6. The first-order valence-corrected chi connectivity index (χ1v) is 15.4. The van der Waals surface area contributed by atoms with Crippen molar-refractivity contribution in [3.05, 3.63) is 107 Å². The Balaban J connectivity index is 1.55. The Morgan fingerprint density at radius 2 is 1.86 bits per heavy atom. The molecule has 11 heteroatoms. The highest BCUT2D eigenvalue weighted by atomic mass is 32.2. The van der Waals surface area contributed by atoms with Crippen LogP contribution in [0.4, 0.5) is 8.78 Å². The SMILES string of the molecule is Cc1ccc(-c2cc(Oc3c(F)cc4[nH]ccc4c3CCS(=O)O)ccc2F)n1C(CCO)c1cccc(CCC(=O)O)c1. The van der Waals surface area contributed by atoms with E-state index in [9.17, 15) is 18.7 Å². The van der Waals surface area contributed by atoms with Crippen molar-refractivity contribution < 1.29 is 37.3 Å². The number of hydrogen-bond donors (Lipinski definition) is 4. The monoisotopic (exact) mass is 622 g/mol. The molecular weight excluding hydrogens is 590 g/mol. The summed E-state index contributed by atoms with van der Waals surface area (Å²) in [5, 5.41) is 19.8. The average molecular weight is 623 g/mol. The van der Waals surface area contributed by atoms with Crippen LogP contribution in [0, 0.1) is 18.6 Å². The molecule has 0 aliphatic rings. The molecule has 2 aromatic heterocycles. The second-order valence-electron chi connectivity index (χ2n) is 10.5. The summed E-state index contributed by atoms with van der Waals surface area (Å²) in [6, 6.07) is 17.8. The number of carboxylic acid groups (broad SMARTS) is 1. The van der Waals surface area contributed by atoms with Gasteiger partial charge >= 0.3 is 5.97 Å². The van der Waals surface area contributed by atoms with Crippen molar-refractivity contribution in [3.63, 3.8) is 0 Å². The van der Waals surface area contributed by atoms with Gasteiger partial charge in [-0.2, -0.15) is 0 Å². The summed E-state index contributed by atoms with van der Waals surface area (Å²) in [7, 11) is 0. The number of aliphatic hydroxyl groups excluding tert-OH is 1. The van der Waals surface area contributed by atoms with Crippen LogP contribution in [0.2, 0.25) is 0 Å².